The number of rotatable bonds is 5. The van der Waals surface area contributed by atoms with Crippen LogP contribution < -0.4 is 5.32 Å². The standard InChI is InChI=1S/C16H26BrN3/c1-4-20-15(16(17)10(2)19-20)9-14(18-3)13-8-11-5-6-12(13)7-11/h11-14,18H,4-9H2,1-3H3. The molecule has 4 heteroatoms. The molecule has 0 spiro atoms. The minimum Gasteiger partial charge on any atom is -0.316 e. The molecule has 1 heterocycles. The van der Waals surface area contributed by atoms with Gasteiger partial charge in [-0.05, 0) is 73.8 Å². The molecule has 3 nitrogen and oxygen atoms in total. The third kappa shape index (κ3) is 2.45. The third-order valence-electron chi connectivity index (χ3n) is 5.55. The maximum Gasteiger partial charge on any atom is 0.0738 e. The van der Waals surface area contributed by atoms with Crippen molar-refractivity contribution in [3.63, 3.8) is 0 Å². The Morgan fingerprint density at radius 1 is 1.40 bits per heavy atom. The van der Waals surface area contributed by atoms with Gasteiger partial charge in [0.25, 0.3) is 0 Å². The Balaban J connectivity index is 1.78. The summed E-state index contributed by atoms with van der Waals surface area (Å²) in [5.41, 5.74) is 2.48. The lowest BCUT2D eigenvalue weighted by atomic mass is 9.81. The molecule has 0 amide bonds. The van der Waals surface area contributed by atoms with Crippen LogP contribution in [0.4, 0.5) is 0 Å². The molecule has 0 aromatic carbocycles. The number of nitrogens with zero attached hydrogens (tertiary/aromatic N) is 2. The summed E-state index contributed by atoms with van der Waals surface area (Å²) >= 11 is 3.74. The van der Waals surface area contributed by atoms with Gasteiger partial charge in [-0.1, -0.05) is 6.42 Å². The van der Waals surface area contributed by atoms with Crippen molar-refractivity contribution in [2.24, 2.45) is 17.8 Å². The zero-order valence-corrected chi connectivity index (χ0v) is 14.4. The van der Waals surface area contributed by atoms with Crippen molar-refractivity contribution in [1.29, 1.82) is 0 Å². The Labute approximate surface area is 130 Å². The number of fused-ring (bicyclic) bond motifs is 2. The maximum atomic E-state index is 4.63. The van der Waals surface area contributed by atoms with Crippen LogP contribution in [0.1, 0.15) is 44.0 Å². The molecule has 3 rings (SSSR count). The lowest BCUT2D eigenvalue weighted by molar-refractivity contribution is 0.252. The number of halogens is 1. The van der Waals surface area contributed by atoms with Crippen LogP contribution in [0.15, 0.2) is 4.47 Å². The lowest BCUT2D eigenvalue weighted by Gasteiger charge is -2.30. The van der Waals surface area contributed by atoms with Crippen molar-refractivity contribution < 1.29 is 0 Å². The predicted molar refractivity (Wildman–Crippen MR) is 85.8 cm³/mol. The van der Waals surface area contributed by atoms with E-state index in [4.69, 9.17) is 0 Å². The van der Waals surface area contributed by atoms with Crippen LogP contribution in [-0.2, 0) is 13.0 Å². The van der Waals surface area contributed by atoms with E-state index < -0.39 is 0 Å². The maximum absolute atomic E-state index is 4.63. The van der Waals surface area contributed by atoms with E-state index in [2.05, 4.69) is 51.9 Å². The molecular formula is C16H26BrN3. The van der Waals surface area contributed by atoms with Gasteiger partial charge in [0.1, 0.15) is 0 Å². The monoisotopic (exact) mass is 339 g/mol. The molecule has 20 heavy (non-hydrogen) atoms. The smallest absolute Gasteiger partial charge is 0.0738 e. The van der Waals surface area contributed by atoms with Gasteiger partial charge in [0.15, 0.2) is 0 Å². The van der Waals surface area contributed by atoms with Crippen molar-refractivity contribution in [3.8, 4) is 0 Å². The summed E-state index contributed by atoms with van der Waals surface area (Å²) in [6.07, 6.45) is 6.96. The first kappa shape index (κ1) is 14.6. The number of nitrogens with one attached hydrogen (secondary N) is 1. The van der Waals surface area contributed by atoms with Gasteiger partial charge in [0.05, 0.1) is 15.9 Å². The van der Waals surface area contributed by atoms with E-state index in [-0.39, 0.29) is 0 Å². The van der Waals surface area contributed by atoms with Crippen LogP contribution in [0.3, 0.4) is 0 Å². The molecule has 2 aliphatic rings. The van der Waals surface area contributed by atoms with Crippen molar-refractivity contribution in [2.45, 2.75) is 58.5 Å². The quantitative estimate of drug-likeness (QED) is 0.889. The SMILES string of the molecule is CCn1nc(C)c(Br)c1CC(NC)C1CC2CCC1C2. The van der Waals surface area contributed by atoms with Gasteiger partial charge in [-0.3, -0.25) is 4.68 Å². The summed E-state index contributed by atoms with van der Waals surface area (Å²) in [5.74, 6) is 2.85. The Kier molecular flexibility index (Phi) is 4.23. The first-order valence-corrected chi connectivity index (χ1v) is 8.82. The molecule has 2 aliphatic carbocycles. The van der Waals surface area contributed by atoms with Gasteiger partial charge in [-0.15, -0.1) is 0 Å². The van der Waals surface area contributed by atoms with E-state index in [1.807, 2.05) is 0 Å². The second kappa shape index (κ2) is 5.80. The number of hydrogen-bond acceptors (Lipinski definition) is 2. The fourth-order valence-electron chi connectivity index (χ4n) is 4.53. The van der Waals surface area contributed by atoms with Crippen LogP contribution >= 0.6 is 15.9 Å². The lowest BCUT2D eigenvalue weighted by Crippen LogP contribution is -2.38. The molecule has 0 saturated heterocycles. The summed E-state index contributed by atoms with van der Waals surface area (Å²) in [4.78, 5) is 0. The molecule has 1 aromatic heterocycles. The van der Waals surface area contributed by atoms with Crippen molar-refractivity contribution >= 4 is 15.9 Å². The van der Waals surface area contributed by atoms with Gasteiger partial charge >= 0.3 is 0 Å². The highest BCUT2D eigenvalue weighted by molar-refractivity contribution is 9.10. The van der Waals surface area contributed by atoms with Gasteiger partial charge in [-0.2, -0.15) is 5.10 Å². The van der Waals surface area contributed by atoms with E-state index in [9.17, 15) is 0 Å². The summed E-state index contributed by atoms with van der Waals surface area (Å²) in [5, 5.41) is 8.24. The van der Waals surface area contributed by atoms with E-state index in [1.165, 1.54) is 35.8 Å². The molecule has 0 aliphatic heterocycles. The Morgan fingerprint density at radius 2 is 2.20 bits per heavy atom. The van der Waals surface area contributed by atoms with Crippen molar-refractivity contribution in [1.82, 2.24) is 15.1 Å². The number of aromatic nitrogens is 2. The first-order chi connectivity index (χ1) is 9.63. The van der Waals surface area contributed by atoms with Gasteiger partial charge < -0.3 is 5.32 Å². The normalized spacial score (nSPS) is 30.1. The fraction of sp³-hybridized carbons (Fsp3) is 0.812. The minimum absolute atomic E-state index is 0.600. The molecule has 4 unspecified atom stereocenters. The second-order valence-electron chi connectivity index (χ2n) is 6.60. The van der Waals surface area contributed by atoms with Crippen LogP contribution in [0.2, 0.25) is 0 Å². The fourth-order valence-corrected chi connectivity index (χ4v) is 4.97. The Bertz CT molecular complexity index is 482. The highest BCUT2D eigenvalue weighted by atomic mass is 79.9. The van der Waals surface area contributed by atoms with Crippen molar-refractivity contribution in [3.05, 3.63) is 15.9 Å². The molecule has 2 saturated carbocycles. The summed E-state index contributed by atoms with van der Waals surface area (Å²) in [7, 11) is 2.13. The van der Waals surface area contributed by atoms with Gasteiger partial charge in [0, 0.05) is 19.0 Å². The topological polar surface area (TPSA) is 29.9 Å². The highest BCUT2D eigenvalue weighted by Crippen LogP contribution is 2.50. The van der Waals surface area contributed by atoms with E-state index in [1.54, 1.807) is 0 Å². The van der Waals surface area contributed by atoms with E-state index >= 15 is 0 Å². The summed E-state index contributed by atoms with van der Waals surface area (Å²) in [6, 6.07) is 0.600. The zero-order valence-electron chi connectivity index (χ0n) is 12.8. The third-order valence-corrected chi connectivity index (χ3v) is 6.58. The molecule has 1 aromatic rings. The van der Waals surface area contributed by atoms with Crippen LogP contribution in [0.25, 0.3) is 0 Å². The average Bonchev–Trinajstić information content (AvgIpc) is 3.13. The largest absolute Gasteiger partial charge is 0.316 e. The number of aryl methyl sites for hydroxylation is 2. The van der Waals surface area contributed by atoms with Crippen LogP contribution in [-0.4, -0.2) is 22.9 Å². The zero-order chi connectivity index (χ0) is 14.3. The molecule has 2 fully saturated rings. The summed E-state index contributed by atoms with van der Waals surface area (Å²) < 4.78 is 3.37. The second-order valence-corrected chi connectivity index (χ2v) is 7.39. The van der Waals surface area contributed by atoms with E-state index in [0.717, 1.165) is 36.4 Å². The minimum atomic E-state index is 0.600. The van der Waals surface area contributed by atoms with Crippen LogP contribution in [0, 0.1) is 24.7 Å². The molecule has 1 N–H and O–H groups in total. The Hall–Kier alpha value is -0.350. The summed E-state index contributed by atoms with van der Waals surface area (Å²) in [6.45, 7) is 5.22. The molecule has 0 radical (unpaired) electrons. The Morgan fingerprint density at radius 3 is 2.75 bits per heavy atom. The molecule has 4 atom stereocenters. The van der Waals surface area contributed by atoms with Gasteiger partial charge in [0.2, 0.25) is 0 Å². The van der Waals surface area contributed by atoms with Gasteiger partial charge in [-0.25, -0.2) is 0 Å². The van der Waals surface area contributed by atoms with E-state index in [0.29, 0.717) is 6.04 Å². The average molecular weight is 340 g/mol. The molecule has 2 bridgehead atoms. The number of hydrogen-bond donors (Lipinski definition) is 1. The molecule has 112 valence electrons. The van der Waals surface area contributed by atoms with Crippen molar-refractivity contribution in [2.75, 3.05) is 7.05 Å². The number of likely N-dealkylation sites (N-methyl/N-ethyl adjacent to an activating group) is 1. The first-order valence-electron chi connectivity index (χ1n) is 8.03. The molecular weight excluding hydrogens is 314 g/mol. The predicted octanol–water partition coefficient (Wildman–Crippen LogP) is 3.54. The van der Waals surface area contributed by atoms with Crippen LogP contribution in [0.5, 0.6) is 0 Å². The highest BCUT2D eigenvalue weighted by Gasteiger charge is 2.42.